The Hall–Kier alpha value is -3.22. The van der Waals surface area contributed by atoms with E-state index in [2.05, 4.69) is 22.9 Å². The van der Waals surface area contributed by atoms with Crippen LogP contribution in [0.4, 0.5) is 5.69 Å². The Kier molecular flexibility index (Phi) is 5.75. The second-order valence-electron chi connectivity index (χ2n) is 7.79. The van der Waals surface area contributed by atoms with Crippen molar-refractivity contribution in [1.29, 1.82) is 0 Å². The Morgan fingerprint density at radius 1 is 0.969 bits per heavy atom. The van der Waals surface area contributed by atoms with Gasteiger partial charge in [-0.15, -0.1) is 0 Å². The lowest BCUT2D eigenvalue weighted by Crippen LogP contribution is -2.54. The maximum Gasteiger partial charge on any atom is 0.270 e. The molecule has 0 spiro atoms. The molecule has 0 aliphatic carbocycles. The largest absolute Gasteiger partial charge is 0.318 e. The topological polar surface area (TPSA) is 54.3 Å². The Morgan fingerprint density at radius 2 is 1.66 bits per heavy atom. The van der Waals surface area contributed by atoms with Gasteiger partial charge in [0.25, 0.3) is 11.8 Å². The van der Waals surface area contributed by atoms with Crippen LogP contribution in [0.15, 0.2) is 54.1 Å². The van der Waals surface area contributed by atoms with Crippen molar-refractivity contribution in [2.45, 2.75) is 27.7 Å². The van der Waals surface area contributed by atoms with E-state index in [1.807, 2.05) is 45.0 Å². The highest BCUT2D eigenvalue weighted by Crippen LogP contribution is 2.30. The van der Waals surface area contributed by atoms with Gasteiger partial charge in [0, 0.05) is 22.1 Å². The first-order valence-electron chi connectivity index (χ1n) is 10.1. The number of para-hydroxylation sites is 1. The van der Waals surface area contributed by atoms with E-state index in [-0.39, 0.29) is 10.7 Å². The third kappa shape index (κ3) is 3.66. The number of aryl methyl sites for hydroxylation is 2. The Morgan fingerprint density at radius 3 is 2.38 bits per heavy atom. The predicted octanol–water partition coefficient (Wildman–Crippen LogP) is 5.20. The average Bonchev–Trinajstić information content (AvgIpc) is 3.01. The monoisotopic (exact) mass is 463 g/mol. The van der Waals surface area contributed by atoms with Crippen molar-refractivity contribution in [3.8, 4) is 5.69 Å². The minimum absolute atomic E-state index is 0.0167. The molecule has 7 heteroatoms. The third-order valence-corrected chi connectivity index (χ3v) is 6.40. The molecule has 1 aliphatic rings. The van der Waals surface area contributed by atoms with Gasteiger partial charge in [0.15, 0.2) is 5.11 Å². The second kappa shape index (κ2) is 8.37. The summed E-state index contributed by atoms with van der Waals surface area (Å²) in [6, 6.07) is 15.3. The molecule has 2 heterocycles. The standard InChI is InChI=1S/C25H22ClN3O2S/c1-14-8-5-6-10-21(14)28-15(2)12-18(17(28)4)13-19-23(30)27-25(32)29(24(19)31)22-11-7-9-20(26)16(22)3/h5-13H,1-4H3,(H,27,30,32)/b19-13+. The first-order chi connectivity index (χ1) is 15.2. The molecule has 2 aromatic carbocycles. The van der Waals surface area contributed by atoms with E-state index in [0.717, 1.165) is 28.2 Å². The SMILES string of the molecule is Cc1ccccc1-n1c(C)cc(/C=C2\C(=O)NC(=S)N(c3cccc(Cl)c3C)C2=O)c1C. The highest BCUT2D eigenvalue weighted by atomic mass is 35.5. The van der Waals surface area contributed by atoms with E-state index >= 15 is 0 Å². The fraction of sp³-hybridized carbons (Fsp3) is 0.160. The van der Waals surface area contributed by atoms with Crippen molar-refractivity contribution in [1.82, 2.24) is 9.88 Å². The summed E-state index contributed by atoms with van der Waals surface area (Å²) in [5, 5.41) is 3.19. The van der Waals surface area contributed by atoms with Crippen molar-refractivity contribution in [3.05, 3.63) is 87.2 Å². The van der Waals surface area contributed by atoms with E-state index in [4.69, 9.17) is 23.8 Å². The van der Waals surface area contributed by atoms with E-state index in [1.54, 1.807) is 24.3 Å². The van der Waals surface area contributed by atoms with E-state index in [9.17, 15) is 9.59 Å². The van der Waals surface area contributed by atoms with Crippen LogP contribution in [0.3, 0.4) is 0 Å². The molecule has 0 atom stereocenters. The van der Waals surface area contributed by atoms with Crippen molar-refractivity contribution in [2.75, 3.05) is 4.90 Å². The van der Waals surface area contributed by atoms with Crippen LogP contribution in [0.5, 0.6) is 0 Å². The Labute approximate surface area is 197 Å². The minimum atomic E-state index is -0.517. The van der Waals surface area contributed by atoms with Crippen LogP contribution < -0.4 is 10.2 Å². The molecule has 1 N–H and O–H groups in total. The zero-order valence-corrected chi connectivity index (χ0v) is 19.8. The number of hydrogen-bond acceptors (Lipinski definition) is 3. The lowest BCUT2D eigenvalue weighted by atomic mass is 10.1. The molecule has 32 heavy (non-hydrogen) atoms. The fourth-order valence-electron chi connectivity index (χ4n) is 3.99. The van der Waals surface area contributed by atoms with Gasteiger partial charge in [-0.1, -0.05) is 35.9 Å². The van der Waals surface area contributed by atoms with Crippen LogP contribution in [-0.2, 0) is 9.59 Å². The lowest BCUT2D eigenvalue weighted by Gasteiger charge is -2.30. The zero-order chi connectivity index (χ0) is 23.2. The maximum atomic E-state index is 13.4. The molecule has 5 nitrogen and oxygen atoms in total. The summed E-state index contributed by atoms with van der Waals surface area (Å²) in [5.74, 6) is -0.999. The molecule has 1 saturated heterocycles. The van der Waals surface area contributed by atoms with Crippen LogP contribution >= 0.6 is 23.8 Å². The molecule has 162 valence electrons. The lowest BCUT2D eigenvalue weighted by molar-refractivity contribution is -0.122. The number of aromatic nitrogens is 1. The number of thiocarbonyl (C=S) groups is 1. The summed E-state index contributed by atoms with van der Waals surface area (Å²) in [6.45, 7) is 7.83. The predicted molar refractivity (Wildman–Crippen MR) is 132 cm³/mol. The fourth-order valence-corrected chi connectivity index (χ4v) is 4.43. The van der Waals surface area contributed by atoms with Gasteiger partial charge >= 0.3 is 0 Å². The number of nitrogens with zero attached hydrogens (tertiary/aromatic N) is 2. The van der Waals surface area contributed by atoms with Crippen LogP contribution in [-0.4, -0.2) is 21.5 Å². The summed E-state index contributed by atoms with van der Waals surface area (Å²) in [7, 11) is 0. The number of anilines is 1. The van der Waals surface area contributed by atoms with Gasteiger partial charge in [0.05, 0.1) is 5.69 Å². The second-order valence-corrected chi connectivity index (χ2v) is 8.58. The molecule has 0 radical (unpaired) electrons. The number of carbonyl (C=O) groups is 2. The number of nitrogens with one attached hydrogen (secondary N) is 1. The van der Waals surface area contributed by atoms with Gasteiger partial charge in [0.2, 0.25) is 0 Å². The van der Waals surface area contributed by atoms with Crippen molar-refractivity contribution >= 4 is 52.5 Å². The number of carbonyl (C=O) groups excluding carboxylic acids is 2. The summed E-state index contributed by atoms with van der Waals surface area (Å²) >= 11 is 11.6. The Bertz CT molecular complexity index is 1320. The highest BCUT2D eigenvalue weighted by Gasteiger charge is 2.35. The molecular weight excluding hydrogens is 442 g/mol. The van der Waals surface area contributed by atoms with Gasteiger partial charge in [-0.2, -0.15) is 0 Å². The molecule has 4 rings (SSSR count). The summed E-state index contributed by atoms with van der Waals surface area (Å²) < 4.78 is 2.12. The van der Waals surface area contributed by atoms with Gasteiger partial charge in [-0.25, -0.2) is 0 Å². The summed E-state index contributed by atoms with van der Waals surface area (Å²) in [5.41, 5.74) is 6.19. The molecule has 1 fully saturated rings. The molecule has 0 saturated carbocycles. The number of halogens is 1. The molecule has 0 unspecified atom stereocenters. The van der Waals surface area contributed by atoms with Gasteiger partial charge in [-0.05, 0) is 86.9 Å². The molecule has 1 aliphatic heterocycles. The minimum Gasteiger partial charge on any atom is -0.318 e. The van der Waals surface area contributed by atoms with Crippen molar-refractivity contribution < 1.29 is 9.59 Å². The molecule has 1 aromatic heterocycles. The van der Waals surface area contributed by atoms with E-state index in [0.29, 0.717) is 16.3 Å². The number of amides is 2. The average molecular weight is 464 g/mol. The maximum absolute atomic E-state index is 13.4. The normalized spacial score (nSPS) is 15.5. The molecule has 0 bridgehead atoms. The third-order valence-electron chi connectivity index (χ3n) is 5.71. The molecule has 2 amide bonds. The van der Waals surface area contributed by atoms with Crippen LogP contribution in [0.25, 0.3) is 11.8 Å². The van der Waals surface area contributed by atoms with Crippen molar-refractivity contribution in [2.24, 2.45) is 0 Å². The summed E-state index contributed by atoms with van der Waals surface area (Å²) in [4.78, 5) is 27.5. The van der Waals surface area contributed by atoms with Crippen LogP contribution in [0.1, 0.15) is 28.1 Å². The number of rotatable bonds is 3. The van der Waals surface area contributed by atoms with Crippen LogP contribution in [0.2, 0.25) is 5.02 Å². The first-order valence-corrected chi connectivity index (χ1v) is 10.9. The molecular formula is C25H22ClN3O2S. The highest BCUT2D eigenvalue weighted by molar-refractivity contribution is 7.80. The smallest absolute Gasteiger partial charge is 0.270 e. The van der Waals surface area contributed by atoms with E-state index < -0.39 is 11.8 Å². The number of benzene rings is 2. The van der Waals surface area contributed by atoms with Gasteiger partial charge in [0.1, 0.15) is 5.57 Å². The first kappa shape index (κ1) is 22.0. The van der Waals surface area contributed by atoms with Gasteiger partial charge in [-0.3, -0.25) is 19.8 Å². The number of hydrogen-bond donors (Lipinski definition) is 1. The van der Waals surface area contributed by atoms with Gasteiger partial charge < -0.3 is 4.57 Å². The van der Waals surface area contributed by atoms with Crippen molar-refractivity contribution in [3.63, 3.8) is 0 Å². The quantitative estimate of drug-likeness (QED) is 0.330. The summed E-state index contributed by atoms with van der Waals surface area (Å²) in [6.07, 6.45) is 1.63. The van der Waals surface area contributed by atoms with E-state index in [1.165, 1.54) is 4.90 Å². The Balaban J connectivity index is 1.81. The van der Waals surface area contributed by atoms with Crippen LogP contribution in [0, 0.1) is 27.7 Å². The zero-order valence-electron chi connectivity index (χ0n) is 18.2. The molecule has 3 aromatic rings.